The molecule has 1 amide bonds. The van der Waals surface area contributed by atoms with Gasteiger partial charge in [0.2, 0.25) is 0 Å². The molecule has 1 saturated heterocycles. The Morgan fingerprint density at radius 2 is 1.94 bits per heavy atom. The molecular formula is C18H18F4N8O. The predicted octanol–water partition coefficient (Wildman–Crippen LogP) is 1.78. The van der Waals surface area contributed by atoms with Gasteiger partial charge in [0.15, 0.2) is 17.3 Å². The fraction of sp³-hybridized carbons (Fsp3) is 0.333. The molecule has 0 unspecified atom stereocenters. The molecule has 0 atom stereocenters. The molecule has 3 aromatic heterocycles. The van der Waals surface area contributed by atoms with Crippen LogP contribution in [-0.4, -0.2) is 69.3 Å². The van der Waals surface area contributed by atoms with Crippen LogP contribution in [-0.2, 0) is 0 Å². The Hall–Kier alpha value is -3.48. The SMILES string of the molecule is Nc1nn2cc(F)cnc2c1C(=O)Nc1cnccc1N1CCN(CC(F)(F)F)CC1. The minimum Gasteiger partial charge on any atom is -0.381 e. The lowest BCUT2D eigenvalue weighted by atomic mass is 10.2. The largest absolute Gasteiger partial charge is 0.401 e. The number of aromatic nitrogens is 4. The summed E-state index contributed by atoms with van der Waals surface area (Å²) in [6, 6.07) is 1.67. The number of rotatable bonds is 4. The fourth-order valence-corrected chi connectivity index (χ4v) is 3.49. The quantitative estimate of drug-likeness (QED) is 0.599. The Bertz CT molecular complexity index is 1110. The zero-order chi connectivity index (χ0) is 22.2. The summed E-state index contributed by atoms with van der Waals surface area (Å²) in [5.74, 6) is -1.38. The van der Waals surface area contributed by atoms with Crippen molar-refractivity contribution in [2.45, 2.75) is 6.18 Å². The van der Waals surface area contributed by atoms with E-state index in [1.165, 1.54) is 17.3 Å². The van der Waals surface area contributed by atoms with Crippen LogP contribution in [0.2, 0.25) is 0 Å². The lowest BCUT2D eigenvalue weighted by Crippen LogP contribution is -2.49. The number of hydrogen-bond acceptors (Lipinski definition) is 7. The van der Waals surface area contributed by atoms with Crippen LogP contribution in [0.15, 0.2) is 30.9 Å². The minimum atomic E-state index is -4.25. The number of nitrogens with one attached hydrogen (secondary N) is 1. The molecule has 164 valence electrons. The third-order valence-electron chi connectivity index (χ3n) is 4.86. The molecular weight excluding hydrogens is 420 g/mol. The Morgan fingerprint density at radius 1 is 1.19 bits per heavy atom. The van der Waals surface area contributed by atoms with Gasteiger partial charge < -0.3 is 16.0 Å². The summed E-state index contributed by atoms with van der Waals surface area (Å²) >= 11 is 0. The van der Waals surface area contributed by atoms with Crippen molar-refractivity contribution < 1.29 is 22.4 Å². The standard InChI is InChI=1S/C18H18F4N8O/c19-11-7-25-16-14(15(23)27-30(16)9-11)17(31)26-12-8-24-2-1-13(12)29-5-3-28(4-6-29)10-18(20,21)22/h1-2,7-9H,3-6,10H2,(H2,23,27)(H,26,31). The Labute approximate surface area is 173 Å². The van der Waals surface area contributed by atoms with E-state index in [1.807, 2.05) is 4.90 Å². The van der Waals surface area contributed by atoms with Gasteiger partial charge in [-0.1, -0.05) is 0 Å². The second-order valence-corrected chi connectivity index (χ2v) is 7.03. The van der Waals surface area contributed by atoms with Crippen LogP contribution < -0.4 is 16.0 Å². The van der Waals surface area contributed by atoms with Crippen molar-refractivity contribution >= 4 is 28.7 Å². The number of carbonyl (C=O) groups is 1. The normalized spacial score (nSPS) is 15.4. The van der Waals surface area contributed by atoms with E-state index in [9.17, 15) is 22.4 Å². The topological polar surface area (TPSA) is 105 Å². The van der Waals surface area contributed by atoms with E-state index >= 15 is 0 Å². The summed E-state index contributed by atoms with van der Waals surface area (Å²) in [7, 11) is 0. The van der Waals surface area contributed by atoms with E-state index in [-0.39, 0.29) is 30.1 Å². The van der Waals surface area contributed by atoms with Crippen LogP contribution in [0.25, 0.3) is 5.65 Å². The molecule has 4 rings (SSSR count). The summed E-state index contributed by atoms with van der Waals surface area (Å²) in [5, 5.41) is 6.60. The number of pyridine rings is 1. The summed E-state index contributed by atoms with van der Waals surface area (Å²) in [4.78, 5) is 24.0. The first-order valence-electron chi connectivity index (χ1n) is 9.30. The molecule has 4 heterocycles. The average molecular weight is 438 g/mol. The van der Waals surface area contributed by atoms with Crippen LogP contribution in [0, 0.1) is 5.82 Å². The van der Waals surface area contributed by atoms with Crippen LogP contribution >= 0.6 is 0 Å². The van der Waals surface area contributed by atoms with Crippen molar-refractivity contribution in [3.8, 4) is 0 Å². The number of anilines is 3. The van der Waals surface area contributed by atoms with Crippen LogP contribution in [0.4, 0.5) is 34.8 Å². The lowest BCUT2D eigenvalue weighted by Gasteiger charge is -2.37. The maximum atomic E-state index is 13.4. The van der Waals surface area contributed by atoms with E-state index < -0.39 is 24.4 Å². The molecule has 3 aromatic rings. The van der Waals surface area contributed by atoms with Gasteiger partial charge in [-0.2, -0.15) is 13.2 Å². The molecule has 13 heteroatoms. The van der Waals surface area contributed by atoms with Crippen LogP contribution in [0.3, 0.4) is 0 Å². The van der Waals surface area contributed by atoms with Crippen LogP contribution in [0.1, 0.15) is 10.4 Å². The van der Waals surface area contributed by atoms with Crippen molar-refractivity contribution in [2.24, 2.45) is 0 Å². The second kappa shape index (κ2) is 7.98. The smallest absolute Gasteiger partial charge is 0.381 e. The van der Waals surface area contributed by atoms with Gasteiger partial charge in [-0.05, 0) is 6.07 Å². The highest BCUT2D eigenvalue weighted by molar-refractivity contribution is 6.12. The molecule has 1 aliphatic heterocycles. The Kier molecular flexibility index (Phi) is 5.35. The Morgan fingerprint density at radius 3 is 2.65 bits per heavy atom. The van der Waals surface area contributed by atoms with Gasteiger partial charge in [-0.3, -0.25) is 14.7 Å². The summed E-state index contributed by atoms with van der Waals surface area (Å²) in [6.45, 7) is 0.199. The average Bonchev–Trinajstić information content (AvgIpc) is 3.02. The number of amides is 1. The summed E-state index contributed by atoms with van der Waals surface area (Å²) in [6.07, 6.45) is 0.712. The third-order valence-corrected chi connectivity index (χ3v) is 4.86. The third kappa shape index (κ3) is 4.50. The first-order chi connectivity index (χ1) is 14.7. The molecule has 3 N–H and O–H groups in total. The van der Waals surface area contributed by atoms with Crippen molar-refractivity contribution in [3.63, 3.8) is 0 Å². The Balaban J connectivity index is 1.52. The van der Waals surface area contributed by atoms with E-state index in [1.54, 1.807) is 6.07 Å². The number of nitrogen functional groups attached to an aromatic ring is 1. The molecule has 31 heavy (non-hydrogen) atoms. The molecule has 1 aliphatic rings. The maximum Gasteiger partial charge on any atom is 0.401 e. The zero-order valence-electron chi connectivity index (χ0n) is 16.1. The van der Waals surface area contributed by atoms with Crippen molar-refractivity contribution in [3.05, 3.63) is 42.2 Å². The molecule has 9 nitrogen and oxygen atoms in total. The number of fused-ring (bicyclic) bond motifs is 1. The molecule has 0 bridgehead atoms. The number of halogens is 4. The van der Waals surface area contributed by atoms with Crippen molar-refractivity contribution in [1.29, 1.82) is 0 Å². The molecule has 0 aliphatic carbocycles. The highest BCUT2D eigenvalue weighted by Crippen LogP contribution is 2.28. The fourth-order valence-electron chi connectivity index (χ4n) is 3.49. The highest BCUT2D eigenvalue weighted by atomic mass is 19.4. The summed E-state index contributed by atoms with van der Waals surface area (Å²) in [5.41, 5.74) is 6.86. The molecule has 0 aromatic carbocycles. The van der Waals surface area contributed by atoms with Gasteiger partial charge in [0.25, 0.3) is 5.91 Å². The van der Waals surface area contributed by atoms with Crippen molar-refractivity contribution in [1.82, 2.24) is 24.5 Å². The molecule has 0 radical (unpaired) electrons. The van der Waals surface area contributed by atoms with E-state index in [4.69, 9.17) is 5.73 Å². The number of nitrogens with two attached hydrogens (primary N) is 1. The lowest BCUT2D eigenvalue weighted by molar-refractivity contribution is -0.146. The monoisotopic (exact) mass is 438 g/mol. The van der Waals surface area contributed by atoms with Crippen LogP contribution in [0.5, 0.6) is 0 Å². The molecule has 0 saturated carbocycles. The van der Waals surface area contributed by atoms with Gasteiger partial charge >= 0.3 is 6.18 Å². The predicted molar refractivity (Wildman–Crippen MR) is 104 cm³/mol. The van der Waals surface area contributed by atoms with Gasteiger partial charge in [-0.15, -0.1) is 5.10 Å². The minimum absolute atomic E-state index is 0.0233. The number of alkyl halides is 3. The number of piperazine rings is 1. The maximum absolute atomic E-state index is 13.4. The molecule has 1 fully saturated rings. The van der Waals surface area contributed by atoms with E-state index in [2.05, 4.69) is 20.4 Å². The summed E-state index contributed by atoms with van der Waals surface area (Å²) < 4.78 is 52.3. The van der Waals surface area contributed by atoms with Crippen molar-refractivity contribution in [2.75, 3.05) is 48.7 Å². The van der Waals surface area contributed by atoms with Gasteiger partial charge in [-0.25, -0.2) is 13.9 Å². The van der Waals surface area contributed by atoms with Gasteiger partial charge in [0.05, 0.1) is 36.5 Å². The zero-order valence-corrected chi connectivity index (χ0v) is 16.1. The second-order valence-electron chi connectivity index (χ2n) is 7.03. The highest BCUT2D eigenvalue weighted by Gasteiger charge is 2.32. The number of hydrogen-bond donors (Lipinski definition) is 2. The molecule has 0 spiro atoms. The first kappa shape index (κ1) is 20.8. The number of nitrogens with zero attached hydrogens (tertiary/aromatic N) is 6. The first-order valence-corrected chi connectivity index (χ1v) is 9.30. The van der Waals surface area contributed by atoms with E-state index in [0.29, 0.717) is 24.5 Å². The van der Waals surface area contributed by atoms with E-state index in [0.717, 1.165) is 16.9 Å². The van der Waals surface area contributed by atoms with Gasteiger partial charge in [0, 0.05) is 32.4 Å². The number of carbonyl (C=O) groups excluding carboxylic acids is 1. The van der Waals surface area contributed by atoms with Gasteiger partial charge in [0.1, 0.15) is 5.56 Å².